The molecule has 0 saturated carbocycles. The number of hydrogen-bond acceptors (Lipinski definition) is 3. The fourth-order valence-corrected chi connectivity index (χ4v) is 2.54. The Morgan fingerprint density at radius 1 is 1.19 bits per heavy atom. The summed E-state index contributed by atoms with van der Waals surface area (Å²) >= 11 is 3.51. The third-order valence-electron chi connectivity index (χ3n) is 3.28. The van der Waals surface area contributed by atoms with E-state index in [9.17, 15) is 0 Å². The topological polar surface area (TPSA) is 41.5 Å². The maximum atomic E-state index is 9.07. The molecule has 0 aliphatic heterocycles. The quantitative estimate of drug-likeness (QED) is 0.811. The first kappa shape index (κ1) is 16.0. The zero-order valence-electron chi connectivity index (χ0n) is 12.3. The second-order valence-corrected chi connectivity index (χ2v) is 5.78. The lowest BCUT2D eigenvalue weighted by atomic mass is 10.1. The Bertz CT molecular complexity index is 584. The normalized spacial score (nSPS) is 12.2. The zero-order chi connectivity index (χ0) is 15.2. The van der Waals surface area contributed by atoms with E-state index in [1.807, 2.05) is 36.4 Å². The fourth-order valence-electron chi connectivity index (χ4n) is 2.16. The highest BCUT2D eigenvalue weighted by Crippen LogP contribution is 2.32. The maximum absolute atomic E-state index is 9.07. The smallest absolute Gasteiger partial charge is 0.132 e. The van der Waals surface area contributed by atoms with E-state index in [1.54, 1.807) is 0 Å². The molecule has 21 heavy (non-hydrogen) atoms. The van der Waals surface area contributed by atoms with Crippen molar-refractivity contribution in [3.8, 4) is 11.5 Å². The third-order valence-corrected chi connectivity index (χ3v) is 3.78. The zero-order valence-corrected chi connectivity index (χ0v) is 13.9. The summed E-state index contributed by atoms with van der Waals surface area (Å²) in [5, 5.41) is 12.5. The van der Waals surface area contributed by atoms with Gasteiger partial charge >= 0.3 is 0 Å². The van der Waals surface area contributed by atoms with Gasteiger partial charge in [-0.3, -0.25) is 0 Å². The largest absolute Gasteiger partial charge is 0.457 e. The predicted molar refractivity (Wildman–Crippen MR) is 88.7 cm³/mol. The number of hydrogen-bond donors (Lipinski definition) is 2. The minimum atomic E-state index is 0.0429. The van der Waals surface area contributed by atoms with Crippen LogP contribution in [0.25, 0.3) is 0 Å². The number of aliphatic hydroxyl groups excluding tert-OH is 1. The highest BCUT2D eigenvalue weighted by molar-refractivity contribution is 9.10. The van der Waals surface area contributed by atoms with Crippen molar-refractivity contribution in [1.29, 1.82) is 0 Å². The van der Waals surface area contributed by atoms with Crippen LogP contribution in [0, 0.1) is 0 Å². The van der Waals surface area contributed by atoms with Crippen LogP contribution in [0.3, 0.4) is 0 Å². The van der Waals surface area contributed by atoms with E-state index < -0.39 is 0 Å². The van der Waals surface area contributed by atoms with Gasteiger partial charge in [-0.05, 0) is 49.4 Å². The minimum Gasteiger partial charge on any atom is -0.457 e. The Morgan fingerprint density at radius 2 is 1.90 bits per heavy atom. The number of nitrogens with one attached hydrogen (secondary N) is 1. The molecule has 1 unspecified atom stereocenters. The van der Waals surface area contributed by atoms with Crippen LogP contribution in [0.4, 0.5) is 0 Å². The summed E-state index contributed by atoms with van der Waals surface area (Å²) in [7, 11) is 0. The molecule has 0 saturated heterocycles. The van der Waals surface area contributed by atoms with Crippen LogP contribution in [0.5, 0.6) is 11.5 Å². The van der Waals surface area contributed by atoms with Crippen LogP contribution in [0.15, 0.2) is 46.9 Å². The summed E-state index contributed by atoms with van der Waals surface area (Å²) in [6.45, 7) is 5.15. The number of halogens is 1. The number of aliphatic hydroxyl groups is 1. The average Bonchev–Trinajstić information content (AvgIpc) is 2.50. The van der Waals surface area contributed by atoms with E-state index in [0.29, 0.717) is 0 Å². The van der Waals surface area contributed by atoms with Crippen molar-refractivity contribution in [2.75, 3.05) is 6.54 Å². The molecule has 2 N–H and O–H groups in total. The molecule has 4 heteroatoms. The molecular formula is C17H20BrNO2. The van der Waals surface area contributed by atoms with Gasteiger partial charge in [0, 0.05) is 16.1 Å². The van der Waals surface area contributed by atoms with Gasteiger partial charge in [0.1, 0.15) is 11.5 Å². The van der Waals surface area contributed by atoms with Crippen molar-refractivity contribution >= 4 is 15.9 Å². The monoisotopic (exact) mass is 349 g/mol. The lowest BCUT2D eigenvalue weighted by Crippen LogP contribution is -2.18. The molecule has 2 aromatic carbocycles. The van der Waals surface area contributed by atoms with E-state index in [-0.39, 0.29) is 12.6 Å². The Kier molecular flexibility index (Phi) is 5.79. The van der Waals surface area contributed by atoms with Crippen molar-refractivity contribution in [3.05, 3.63) is 58.1 Å². The van der Waals surface area contributed by atoms with Gasteiger partial charge in [0.15, 0.2) is 0 Å². The van der Waals surface area contributed by atoms with Gasteiger partial charge in [-0.2, -0.15) is 0 Å². The standard InChI is InChI=1S/C17H20BrNO2/c1-3-19-12(2)16-10-14(18)6-9-17(16)21-15-7-4-13(11-20)5-8-15/h4-10,12,19-20H,3,11H2,1-2H3. The molecule has 112 valence electrons. The number of ether oxygens (including phenoxy) is 1. The van der Waals surface area contributed by atoms with Crippen LogP contribution in [-0.4, -0.2) is 11.7 Å². The van der Waals surface area contributed by atoms with E-state index in [0.717, 1.165) is 33.6 Å². The van der Waals surface area contributed by atoms with E-state index >= 15 is 0 Å². The Labute approximate surface area is 134 Å². The van der Waals surface area contributed by atoms with Crippen molar-refractivity contribution in [2.24, 2.45) is 0 Å². The Morgan fingerprint density at radius 3 is 2.52 bits per heavy atom. The van der Waals surface area contributed by atoms with E-state index in [1.165, 1.54) is 0 Å². The molecule has 0 radical (unpaired) electrons. The van der Waals surface area contributed by atoms with Gasteiger partial charge in [-0.25, -0.2) is 0 Å². The van der Waals surface area contributed by atoms with Gasteiger partial charge in [0.25, 0.3) is 0 Å². The molecule has 0 aliphatic carbocycles. The molecule has 0 fully saturated rings. The molecule has 3 nitrogen and oxygen atoms in total. The molecule has 1 atom stereocenters. The predicted octanol–water partition coefficient (Wildman–Crippen LogP) is 4.40. The highest BCUT2D eigenvalue weighted by atomic mass is 79.9. The van der Waals surface area contributed by atoms with Crippen LogP contribution >= 0.6 is 15.9 Å². The second-order valence-electron chi connectivity index (χ2n) is 4.87. The van der Waals surface area contributed by atoms with Gasteiger partial charge in [0.2, 0.25) is 0 Å². The second kappa shape index (κ2) is 7.59. The number of benzene rings is 2. The maximum Gasteiger partial charge on any atom is 0.132 e. The average molecular weight is 350 g/mol. The molecule has 0 amide bonds. The Balaban J connectivity index is 2.25. The molecule has 0 spiro atoms. The number of rotatable bonds is 6. The van der Waals surface area contributed by atoms with Crippen LogP contribution in [0.2, 0.25) is 0 Å². The van der Waals surface area contributed by atoms with Crippen molar-refractivity contribution in [3.63, 3.8) is 0 Å². The molecule has 0 heterocycles. The van der Waals surface area contributed by atoms with Gasteiger partial charge < -0.3 is 15.2 Å². The summed E-state index contributed by atoms with van der Waals surface area (Å²) in [5.74, 6) is 1.60. The molecule has 2 rings (SSSR count). The van der Waals surface area contributed by atoms with E-state index in [4.69, 9.17) is 9.84 Å². The molecule has 2 aromatic rings. The first-order valence-electron chi connectivity index (χ1n) is 7.04. The van der Waals surface area contributed by atoms with Crippen molar-refractivity contribution in [1.82, 2.24) is 5.32 Å². The lowest BCUT2D eigenvalue weighted by molar-refractivity contribution is 0.281. The van der Waals surface area contributed by atoms with Crippen molar-refractivity contribution < 1.29 is 9.84 Å². The summed E-state index contributed by atoms with van der Waals surface area (Å²) in [5.41, 5.74) is 1.98. The van der Waals surface area contributed by atoms with Gasteiger partial charge in [-0.1, -0.05) is 35.0 Å². The minimum absolute atomic E-state index is 0.0429. The molecular weight excluding hydrogens is 330 g/mol. The van der Waals surface area contributed by atoms with Gasteiger partial charge in [0.05, 0.1) is 6.61 Å². The lowest BCUT2D eigenvalue weighted by Gasteiger charge is -2.18. The van der Waals surface area contributed by atoms with E-state index in [2.05, 4.69) is 41.2 Å². The summed E-state index contributed by atoms with van der Waals surface area (Å²) < 4.78 is 7.02. The Hall–Kier alpha value is -1.36. The SMILES string of the molecule is CCNC(C)c1cc(Br)ccc1Oc1ccc(CO)cc1. The highest BCUT2D eigenvalue weighted by Gasteiger charge is 2.12. The molecule has 0 bridgehead atoms. The van der Waals surface area contributed by atoms with Crippen molar-refractivity contribution in [2.45, 2.75) is 26.5 Å². The van der Waals surface area contributed by atoms with Crippen LogP contribution in [-0.2, 0) is 6.61 Å². The summed E-state index contributed by atoms with van der Waals surface area (Å²) in [6.07, 6.45) is 0. The third kappa shape index (κ3) is 4.30. The molecule has 0 aromatic heterocycles. The first-order chi connectivity index (χ1) is 10.1. The fraction of sp³-hybridized carbons (Fsp3) is 0.294. The summed E-state index contributed by atoms with van der Waals surface area (Å²) in [4.78, 5) is 0. The molecule has 0 aliphatic rings. The first-order valence-corrected chi connectivity index (χ1v) is 7.83. The van der Waals surface area contributed by atoms with Gasteiger partial charge in [-0.15, -0.1) is 0 Å². The van der Waals surface area contributed by atoms with Crippen LogP contribution in [0.1, 0.15) is 31.0 Å². The summed E-state index contributed by atoms with van der Waals surface area (Å²) in [6, 6.07) is 13.7. The van der Waals surface area contributed by atoms with Crippen LogP contribution < -0.4 is 10.1 Å².